The zero-order valence-electron chi connectivity index (χ0n) is 15.1. The molecule has 3 rings (SSSR count). The molecule has 1 saturated heterocycles. The van der Waals surface area contributed by atoms with Gasteiger partial charge in [0.25, 0.3) is 5.91 Å². The highest BCUT2D eigenvalue weighted by molar-refractivity contribution is 6.05. The maximum absolute atomic E-state index is 12.6. The summed E-state index contributed by atoms with van der Waals surface area (Å²) in [5.74, 6) is -0.857. The van der Waals surface area contributed by atoms with Crippen LogP contribution in [0.3, 0.4) is 0 Å². The lowest BCUT2D eigenvalue weighted by Crippen LogP contribution is -2.52. The van der Waals surface area contributed by atoms with Crippen LogP contribution in [0.5, 0.6) is 0 Å². The molecule has 0 aromatic heterocycles. The van der Waals surface area contributed by atoms with Gasteiger partial charge in [0.1, 0.15) is 6.04 Å². The second kappa shape index (κ2) is 7.27. The molecule has 1 fully saturated rings. The number of imide groups is 1. The average molecular weight is 357 g/mol. The molecule has 7 heteroatoms. The van der Waals surface area contributed by atoms with Gasteiger partial charge in [-0.3, -0.25) is 24.5 Å². The summed E-state index contributed by atoms with van der Waals surface area (Å²) in [5, 5.41) is 2.29. The largest absolute Gasteiger partial charge is 0.343 e. The predicted octanol–water partition coefficient (Wildman–Crippen LogP) is 0.858. The summed E-state index contributed by atoms with van der Waals surface area (Å²) in [6, 6.07) is 4.79. The Kier molecular flexibility index (Phi) is 5.06. The van der Waals surface area contributed by atoms with Crippen LogP contribution in [0.25, 0.3) is 0 Å². The Bertz CT molecular complexity index is 770. The summed E-state index contributed by atoms with van der Waals surface area (Å²) in [5.41, 5.74) is 2.25. The van der Waals surface area contributed by atoms with Crippen LogP contribution in [-0.4, -0.2) is 52.6 Å². The Balaban J connectivity index is 1.75. The third-order valence-electron chi connectivity index (χ3n) is 5.06. The molecule has 1 atom stereocenters. The van der Waals surface area contributed by atoms with Crippen LogP contribution in [0.1, 0.15) is 48.2 Å². The molecule has 1 aromatic rings. The van der Waals surface area contributed by atoms with Crippen molar-refractivity contribution in [2.75, 3.05) is 13.1 Å². The van der Waals surface area contributed by atoms with Crippen molar-refractivity contribution < 1.29 is 19.2 Å². The number of nitrogens with zero attached hydrogens (tertiary/aromatic N) is 2. The topological polar surface area (TPSA) is 86.8 Å². The molecule has 2 aliphatic heterocycles. The van der Waals surface area contributed by atoms with Crippen molar-refractivity contribution in [2.45, 2.75) is 45.7 Å². The number of fused-ring (bicyclic) bond motifs is 1. The van der Waals surface area contributed by atoms with Crippen molar-refractivity contribution in [1.29, 1.82) is 0 Å². The molecule has 26 heavy (non-hydrogen) atoms. The van der Waals surface area contributed by atoms with Gasteiger partial charge in [0, 0.05) is 31.6 Å². The van der Waals surface area contributed by atoms with Crippen molar-refractivity contribution in [3.63, 3.8) is 0 Å². The Morgan fingerprint density at radius 3 is 2.62 bits per heavy atom. The minimum atomic E-state index is -0.617. The lowest BCUT2D eigenvalue weighted by atomic mass is 10.0. The van der Waals surface area contributed by atoms with Gasteiger partial charge in [0.05, 0.1) is 6.42 Å². The molecule has 0 saturated carbocycles. The number of carbonyl (C=O) groups excluding carboxylic acids is 4. The van der Waals surface area contributed by atoms with E-state index in [1.54, 1.807) is 17.0 Å². The number of rotatable bonds is 5. The number of likely N-dealkylation sites (N-methyl/N-ethyl adjacent to an activating group) is 1. The first-order valence-electron chi connectivity index (χ1n) is 8.98. The van der Waals surface area contributed by atoms with E-state index in [1.165, 1.54) is 4.90 Å². The van der Waals surface area contributed by atoms with Gasteiger partial charge in [-0.2, -0.15) is 0 Å². The lowest BCUT2D eigenvalue weighted by Gasteiger charge is -2.29. The van der Waals surface area contributed by atoms with Crippen LogP contribution in [0.4, 0.5) is 0 Å². The van der Waals surface area contributed by atoms with E-state index in [0.29, 0.717) is 38.0 Å². The smallest absolute Gasteiger partial charge is 0.255 e. The number of piperidine rings is 1. The van der Waals surface area contributed by atoms with E-state index in [-0.39, 0.29) is 24.1 Å². The summed E-state index contributed by atoms with van der Waals surface area (Å²) in [6.45, 7) is 5.55. The highest BCUT2D eigenvalue weighted by Crippen LogP contribution is 2.28. The number of amides is 4. The Morgan fingerprint density at radius 2 is 1.96 bits per heavy atom. The number of carbonyl (C=O) groups is 4. The SMILES string of the molecule is CCN(CC)C(=O)Cc1ccc2c(c1)CN(C1CCC(=O)NC1=O)C2=O. The second-order valence-corrected chi connectivity index (χ2v) is 6.63. The van der Waals surface area contributed by atoms with Gasteiger partial charge in [0.2, 0.25) is 17.7 Å². The van der Waals surface area contributed by atoms with Crippen LogP contribution in [0, 0.1) is 0 Å². The van der Waals surface area contributed by atoms with E-state index < -0.39 is 11.9 Å². The lowest BCUT2D eigenvalue weighted by molar-refractivity contribution is -0.137. The summed E-state index contributed by atoms with van der Waals surface area (Å²) in [6.07, 6.45) is 0.874. The van der Waals surface area contributed by atoms with Gasteiger partial charge in [-0.15, -0.1) is 0 Å². The maximum Gasteiger partial charge on any atom is 0.255 e. The highest BCUT2D eigenvalue weighted by Gasteiger charge is 2.39. The number of hydrogen-bond acceptors (Lipinski definition) is 4. The van der Waals surface area contributed by atoms with Crippen LogP contribution in [0.15, 0.2) is 18.2 Å². The number of hydrogen-bond donors (Lipinski definition) is 1. The third-order valence-corrected chi connectivity index (χ3v) is 5.06. The first-order chi connectivity index (χ1) is 12.4. The zero-order chi connectivity index (χ0) is 18.8. The van der Waals surface area contributed by atoms with E-state index in [2.05, 4.69) is 5.32 Å². The van der Waals surface area contributed by atoms with Crippen molar-refractivity contribution in [3.8, 4) is 0 Å². The molecule has 1 aromatic carbocycles. The van der Waals surface area contributed by atoms with Gasteiger partial charge in [-0.05, 0) is 37.5 Å². The molecule has 138 valence electrons. The van der Waals surface area contributed by atoms with E-state index in [9.17, 15) is 19.2 Å². The summed E-state index contributed by atoms with van der Waals surface area (Å²) in [7, 11) is 0. The molecular formula is C19H23N3O4. The highest BCUT2D eigenvalue weighted by atomic mass is 16.2. The van der Waals surface area contributed by atoms with Gasteiger partial charge >= 0.3 is 0 Å². The van der Waals surface area contributed by atoms with Crippen LogP contribution < -0.4 is 5.32 Å². The van der Waals surface area contributed by atoms with E-state index in [1.807, 2.05) is 19.9 Å². The number of nitrogens with one attached hydrogen (secondary N) is 1. The van der Waals surface area contributed by atoms with Gasteiger partial charge in [-0.25, -0.2) is 0 Å². The van der Waals surface area contributed by atoms with Crippen molar-refractivity contribution in [2.24, 2.45) is 0 Å². The zero-order valence-corrected chi connectivity index (χ0v) is 15.1. The van der Waals surface area contributed by atoms with Crippen molar-refractivity contribution >= 4 is 23.6 Å². The van der Waals surface area contributed by atoms with Crippen LogP contribution in [-0.2, 0) is 27.3 Å². The quantitative estimate of drug-likeness (QED) is 0.792. The Morgan fingerprint density at radius 1 is 1.23 bits per heavy atom. The second-order valence-electron chi connectivity index (χ2n) is 6.63. The third kappa shape index (κ3) is 3.34. The maximum atomic E-state index is 12.6. The molecule has 4 amide bonds. The molecule has 2 aliphatic rings. The minimum Gasteiger partial charge on any atom is -0.343 e. The molecule has 0 radical (unpaired) electrons. The molecule has 0 bridgehead atoms. The summed E-state index contributed by atoms with van der Waals surface area (Å²) in [4.78, 5) is 51.6. The summed E-state index contributed by atoms with van der Waals surface area (Å²) < 4.78 is 0. The Hall–Kier alpha value is -2.70. The molecular weight excluding hydrogens is 334 g/mol. The average Bonchev–Trinajstić information content (AvgIpc) is 2.92. The number of benzene rings is 1. The van der Waals surface area contributed by atoms with Crippen molar-refractivity contribution in [1.82, 2.24) is 15.1 Å². The fourth-order valence-electron chi connectivity index (χ4n) is 3.60. The Labute approximate surface area is 152 Å². The van der Waals surface area contributed by atoms with Crippen LogP contribution >= 0.6 is 0 Å². The predicted molar refractivity (Wildman–Crippen MR) is 94.1 cm³/mol. The molecule has 1 unspecified atom stereocenters. The van der Waals surface area contributed by atoms with Crippen LogP contribution in [0.2, 0.25) is 0 Å². The van der Waals surface area contributed by atoms with E-state index >= 15 is 0 Å². The van der Waals surface area contributed by atoms with E-state index in [0.717, 1.165) is 11.1 Å². The monoisotopic (exact) mass is 357 g/mol. The first kappa shape index (κ1) is 18.1. The van der Waals surface area contributed by atoms with Gasteiger partial charge < -0.3 is 9.80 Å². The standard InChI is InChI=1S/C19H23N3O4/c1-3-21(4-2)17(24)10-12-5-6-14-13(9-12)11-22(19(14)26)15-7-8-16(23)20-18(15)25/h5-6,9,15H,3-4,7-8,10-11H2,1-2H3,(H,20,23,25). The molecule has 7 nitrogen and oxygen atoms in total. The normalized spacial score (nSPS) is 19.4. The van der Waals surface area contributed by atoms with Crippen molar-refractivity contribution in [3.05, 3.63) is 34.9 Å². The van der Waals surface area contributed by atoms with E-state index in [4.69, 9.17) is 0 Å². The molecule has 2 heterocycles. The minimum absolute atomic E-state index is 0.0568. The first-order valence-corrected chi connectivity index (χ1v) is 8.98. The molecule has 1 N–H and O–H groups in total. The fraction of sp³-hybridized carbons (Fsp3) is 0.474. The molecule has 0 aliphatic carbocycles. The summed E-state index contributed by atoms with van der Waals surface area (Å²) >= 11 is 0. The molecule has 0 spiro atoms. The van der Waals surface area contributed by atoms with Gasteiger partial charge in [0.15, 0.2) is 0 Å². The fourth-order valence-corrected chi connectivity index (χ4v) is 3.60. The van der Waals surface area contributed by atoms with Gasteiger partial charge in [-0.1, -0.05) is 12.1 Å².